The normalized spacial score (nSPS) is 12.4. The van der Waals surface area contributed by atoms with Crippen LogP contribution < -0.4 is 40.2 Å². The Kier molecular flexibility index (Phi) is 23.0. The van der Waals surface area contributed by atoms with Gasteiger partial charge in [0, 0.05) is 6.04 Å². The molecule has 0 aromatic heterocycles. The maximum atomic E-state index is 11.4. The van der Waals surface area contributed by atoms with Crippen LogP contribution in [0.1, 0.15) is 74.7 Å². The zero-order valence-corrected chi connectivity index (χ0v) is 25.0. The summed E-state index contributed by atoms with van der Waals surface area (Å²) in [5.74, 6) is 0. The minimum absolute atomic E-state index is 0. The maximum Gasteiger partial charge on any atom is 1.00 e. The van der Waals surface area contributed by atoms with Gasteiger partial charge in [-0.25, -0.2) is 9.59 Å². The number of nitriles is 1. The average molecular weight is 515 g/mol. The van der Waals surface area contributed by atoms with Crippen molar-refractivity contribution >= 4 is 22.3 Å². The van der Waals surface area contributed by atoms with Crippen LogP contribution in [0.4, 0.5) is 9.59 Å². The van der Waals surface area contributed by atoms with Gasteiger partial charge in [0.05, 0.1) is 31.4 Å². The summed E-state index contributed by atoms with van der Waals surface area (Å²) >= 11 is 0. The van der Waals surface area contributed by atoms with Crippen molar-refractivity contribution in [3.63, 3.8) is 0 Å². The van der Waals surface area contributed by atoms with E-state index in [1.54, 1.807) is 41.5 Å². The number of carbonyl (C=O) groups is 2. The topological polar surface area (TPSA) is 168 Å². The third-order valence-corrected chi connectivity index (χ3v) is 3.81. The quantitative estimate of drug-likeness (QED) is 0.267. The number of ether oxygens (including phenoxy) is 2. The van der Waals surface area contributed by atoms with Crippen LogP contribution in [-0.2, 0) is 23.8 Å². The fourth-order valence-electron chi connectivity index (χ4n) is 1.82. The zero-order chi connectivity index (χ0) is 26.9. The summed E-state index contributed by atoms with van der Waals surface area (Å²) in [4.78, 5) is 22.7. The Morgan fingerprint density at radius 1 is 0.912 bits per heavy atom. The van der Waals surface area contributed by atoms with Crippen molar-refractivity contribution in [3.05, 3.63) is 6.57 Å². The second kappa shape index (κ2) is 19.7. The summed E-state index contributed by atoms with van der Waals surface area (Å²) in [5.41, 5.74) is -1.07. The van der Waals surface area contributed by atoms with Crippen LogP contribution in [0.5, 0.6) is 0 Å². The van der Waals surface area contributed by atoms with Crippen LogP contribution in [0.15, 0.2) is 0 Å². The Bertz CT molecular complexity index is 739. The molecule has 0 aromatic carbocycles. The van der Waals surface area contributed by atoms with Gasteiger partial charge in [0.1, 0.15) is 11.2 Å². The number of rotatable bonds is 8. The molecule has 0 heterocycles. The van der Waals surface area contributed by atoms with E-state index in [1.807, 2.05) is 19.9 Å². The molecule has 0 saturated heterocycles. The summed E-state index contributed by atoms with van der Waals surface area (Å²) in [6, 6.07) is 1.51. The van der Waals surface area contributed by atoms with Gasteiger partial charge in [-0.15, -0.1) is 0 Å². The molecule has 0 rings (SSSR count). The number of amides is 2. The van der Waals surface area contributed by atoms with E-state index in [0.29, 0.717) is 12.8 Å². The fourth-order valence-corrected chi connectivity index (χ4v) is 2.23. The SMILES string of the molecule is CCC(CC#N)NC(=O)OC(C)(C)C.CCC(COS(C)(=O)=O)NC(=O)OC(C)(C)C.[C-]#N.[Na+]. The second-order valence-corrected chi connectivity index (χ2v) is 10.5. The van der Waals surface area contributed by atoms with E-state index in [0.717, 1.165) is 12.7 Å². The summed E-state index contributed by atoms with van der Waals surface area (Å²) in [7, 11) is -3.49. The smallest absolute Gasteiger partial charge is 0.512 e. The molecule has 2 unspecified atom stereocenters. The van der Waals surface area contributed by atoms with Crippen molar-refractivity contribution in [3.8, 4) is 6.07 Å². The Hall–Kier alpha value is -1.57. The van der Waals surface area contributed by atoms with E-state index in [-0.39, 0.29) is 48.2 Å². The minimum Gasteiger partial charge on any atom is -0.512 e. The Morgan fingerprint density at radius 3 is 1.53 bits per heavy atom. The second-order valence-electron chi connectivity index (χ2n) is 8.85. The first-order chi connectivity index (χ1) is 14.9. The zero-order valence-electron chi connectivity index (χ0n) is 22.1. The van der Waals surface area contributed by atoms with Crippen molar-refractivity contribution < 1.29 is 61.2 Å². The van der Waals surface area contributed by atoms with E-state index < -0.39 is 33.5 Å². The van der Waals surface area contributed by atoms with E-state index in [2.05, 4.69) is 14.8 Å². The average Bonchev–Trinajstić information content (AvgIpc) is 2.63. The number of nitrogens with one attached hydrogen (secondary N) is 2. The van der Waals surface area contributed by atoms with E-state index >= 15 is 0 Å². The van der Waals surface area contributed by atoms with Gasteiger partial charge in [0.2, 0.25) is 0 Å². The molecule has 13 heteroatoms. The van der Waals surface area contributed by atoms with Crippen LogP contribution in [0.3, 0.4) is 0 Å². The van der Waals surface area contributed by atoms with Crippen LogP contribution in [0.2, 0.25) is 0 Å². The summed E-state index contributed by atoms with van der Waals surface area (Å²) in [6.45, 7) is 19.1. The van der Waals surface area contributed by atoms with Crippen LogP contribution in [-0.4, -0.2) is 56.8 Å². The van der Waals surface area contributed by atoms with Crippen LogP contribution in [0.25, 0.3) is 0 Å². The molecule has 2 atom stereocenters. The summed E-state index contributed by atoms with van der Waals surface area (Å²) < 4.78 is 36.3. The number of hydrogen-bond donors (Lipinski definition) is 2. The third-order valence-electron chi connectivity index (χ3n) is 3.25. The molecule has 11 nitrogen and oxygen atoms in total. The van der Waals surface area contributed by atoms with Crippen molar-refractivity contribution in [2.45, 2.75) is 97.9 Å². The predicted molar refractivity (Wildman–Crippen MR) is 123 cm³/mol. The monoisotopic (exact) mass is 514 g/mol. The van der Waals surface area contributed by atoms with Gasteiger partial charge in [-0.3, -0.25) is 4.18 Å². The van der Waals surface area contributed by atoms with Gasteiger partial charge in [0.15, 0.2) is 0 Å². The summed E-state index contributed by atoms with van der Waals surface area (Å²) in [6.07, 6.45) is 1.52. The Balaban J connectivity index is -0.000000243. The first kappa shape index (κ1) is 39.6. The van der Waals surface area contributed by atoms with Gasteiger partial charge in [-0.1, -0.05) is 13.8 Å². The molecule has 0 saturated carbocycles. The Labute approximate surface area is 227 Å². The fraction of sp³-hybridized carbons (Fsp3) is 0.810. The number of alkyl carbamates (subject to hydrolysis) is 2. The van der Waals surface area contributed by atoms with Crippen molar-refractivity contribution in [2.24, 2.45) is 0 Å². The van der Waals surface area contributed by atoms with E-state index in [9.17, 15) is 18.0 Å². The molecule has 0 spiro atoms. The van der Waals surface area contributed by atoms with Crippen molar-refractivity contribution in [1.82, 2.24) is 10.6 Å². The molecule has 0 fully saturated rings. The van der Waals surface area contributed by atoms with Gasteiger partial charge < -0.3 is 31.9 Å². The summed E-state index contributed by atoms with van der Waals surface area (Å²) in [5, 5.41) is 19.9. The maximum absolute atomic E-state index is 11.4. The van der Waals surface area contributed by atoms with Crippen molar-refractivity contribution in [2.75, 3.05) is 12.9 Å². The van der Waals surface area contributed by atoms with Crippen molar-refractivity contribution in [1.29, 1.82) is 10.5 Å². The van der Waals surface area contributed by atoms with Crippen LogP contribution >= 0.6 is 0 Å². The van der Waals surface area contributed by atoms with Gasteiger partial charge in [-0.05, 0) is 54.4 Å². The first-order valence-electron chi connectivity index (χ1n) is 10.3. The number of nitrogens with zero attached hydrogens (tertiary/aromatic N) is 2. The van der Waals surface area contributed by atoms with Crippen LogP contribution in [0, 0.1) is 23.2 Å². The Morgan fingerprint density at radius 2 is 1.26 bits per heavy atom. The third kappa shape index (κ3) is 30.4. The molecule has 34 heavy (non-hydrogen) atoms. The molecular weight excluding hydrogens is 475 g/mol. The molecule has 0 aliphatic rings. The predicted octanol–water partition coefficient (Wildman–Crippen LogP) is 0.570. The molecule has 0 radical (unpaired) electrons. The standard InChI is InChI=1S/C10H18N2O2.C10H21NO5S.CN.Na/c1-5-8(6-7-11)12-9(13)14-10(2,3)4;1-6-8(7-15-17(5,13)14)11-9(12)16-10(2,3)4;1-2;/h8H,5-6H2,1-4H3,(H,12,13);8H,6-7H2,1-5H3,(H,11,12);;/q;;-1;+1. The number of hydrogen-bond acceptors (Lipinski definition) is 9. The molecular formula is C21H39N4NaO7S. The molecule has 0 aromatic rings. The van der Waals surface area contributed by atoms with Gasteiger partial charge in [-0.2, -0.15) is 13.7 Å². The molecule has 0 aliphatic carbocycles. The molecule has 2 amide bonds. The number of carbonyl (C=O) groups excluding carboxylic acids is 2. The van der Waals surface area contributed by atoms with Gasteiger partial charge >= 0.3 is 41.7 Å². The molecule has 0 aliphatic heterocycles. The largest absolute Gasteiger partial charge is 1.00 e. The van der Waals surface area contributed by atoms with E-state index in [4.69, 9.17) is 26.6 Å². The molecule has 0 bridgehead atoms. The molecule has 192 valence electrons. The molecule has 2 N–H and O–H groups in total. The first-order valence-corrected chi connectivity index (χ1v) is 12.2. The van der Waals surface area contributed by atoms with Gasteiger partial charge in [0.25, 0.3) is 10.1 Å². The minimum atomic E-state index is -3.49. The van der Waals surface area contributed by atoms with E-state index in [1.165, 1.54) is 0 Å².